The largest absolute Gasteiger partial charge is 0.489 e. The van der Waals surface area contributed by atoms with Crippen molar-refractivity contribution in [2.75, 3.05) is 37.7 Å². The minimum atomic E-state index is -2.73. The van der Waals surface area contributed by atoms with Crippen LogP contribution >= 0.6 is 0 Å². The van der Waals surface area contributed by atoms with Gasteiger partial charge < -0.3 is 24.4 Å². The number of rotatable bonds is 6. The van der Waals surface area contributed by atoms with Crippen LogP contribution in [0.25, 0.3) is 22.3 Å². The highest BCUT2D eigenvalue weighted by atomic mass is 19.3. The minimum absolute atomic E-state index is 0.0204. The number of aromatic amines is 1. The van der Waals surface area contributed by atoms with Crippen molar-refractivity contribution in [2.45, 2.75) is 63.3 Å². The number of imide groups is 1. The zero-order valence-corrected chi connectivity index (χ0v) is 32.3. The lowest BCUT2D eigenvalue weighted by Gasteiger charge is -2.45. The van der Waals surface area contributed by atoms with E-state index in [2.05, 4.69) is 25.2 Å². The predicted molar refractivity (Wildman–Crippen MR) is 208 cm³/mol. The fourth-order valence-corrected chi connectivity index (χ4v) is 9.62. The van der Waals surface area contributed by atoms with Crippen LogP contribution in [0, 0.1) is 11.6 Å². The second-order valence-electron chi connectivity index (χ2n) is 16.0. The molecule has 13 nitrogen and oxygen atoms in total. The second-order valence-corrected chi connectivity index (χ2v) is 16.0. The molecule has 0 spiro atoms. The quantitative estimate of drug-likeness (QED) is 0.179. The Bertz CT molecular complexity index is 2600. The number of nitrogens with zero attached hydrogens (tertiary/aromatic N) is 6. The molecule has 10 rings (SSSR count). The summed E-state index contributed by atoms with van der Waals surface area (Å²) in [6.07, 6.45) is 0.745. The molecule has 2 saturated heterocycles. The van der Waals surface area contributed by atoms with Gasteiger partial charge in [-0.2, -0.15) is 0 Å². The highest BCUT2D eigenvalue weighted by Crippen LogP contribution is 2.44. The predicted octanol–water partition coefficient (Wildman–Crippen LogP) is 4.99. The summed E-state index contributed by atoms with van der Waals surface area (Å²) in [5, 5.41) is 3.20. The topological polar surface area (TPSA) is 144 Å². The summed E-state index contributed by atoms with van der Waals surface area (Å²) in [5.41, 5.74) is 3.90. The van der Waals surface area contributed by atoms with Crippen LogP contribution in [0.2, 0.25) is 0 Å². The summed E-state index contributed by atoms with van der Waals surface area (Å²) in [4.78, 5) is 69.9. The number of anilines is 1. The van der Waals surface area contributed by atoms with Crippen LogP contribution in [0.5, 0.6) is 5.75 Å². The first-order chi connectivity index (χ1) is 28.9. The number of ether oxygens (including phenoxy) is 1. The second kappa shape index (κ2) is 14.4. The van der Waals surface area contributed by atoms with Crippen molar-refractivity contribution in [1.82, 2.24) is 35.0 Å². The molecule has 0 radical (unpaired) electrons. The summed E-state index contributed by atoms with van der Waals surface area (Å²) in [6.45, 7) is 2.72. The van der Waals surface area contributed by atoms with Gasteiger partial charge in [-0.1, -0.05) is 18.2 Å². The SMILES string of the molecule is C[C@@H]1Cc2c([nH]c3ccccc23)[C@@H](c2c(F)cc(-c3ncc(C(=O)N4CCN5c6cc7c(cc6OC[C@@H]5C4)C(=O)N([C@H]4CCC(=O)NC4=O)C7)cn3)cc2F)N1CC(F)F. The molecule has 308 valence electrons. The van der Waals surface area contributed by atoms with E-state index in [0.29, 0.717) is 43.1 Å². The van der Waals surface area contributed by atoms with E-state index in [9.17, 15) is 28.0 Å². The summed E-state index contributed by atoms with van der Waals surface area (Å²) >= 11 is 0. The van der Waals surface area contributed by atoms with Crippen molar-refractivity contribution in [1.29, 1.82) is 0 Å². The summed E-state index contributed by atoms with van der Waals surface area (Å²) in [6, 6.07) is 10.7. The Kier molecular flexibility index (Phi) is 9.11. The number of carbonyl (C=O) groups is 4. The van der Waals surface area contributed by atoms with Gasteiger partial charge in [-0.15, -0.1) is 0 Å². The van der Waals surface area contributed by atoms with Gasteiger partial charge in [-0.05, 0) is 61.2 Å². The van der Waals surface area contributed by atoms with Gasteiger partial charge in [0, 0.05) is 84.3 Å². The lowest BCUT2D eigenvalue weighted by atomic mass is 9.87. The van der Waals surface area contributed by atoms with E-state index in [-0.39, 0.29) is 72.3 Å². The fourth-order valence-electron chi connectivity index (χ4n) is 9.62. The first kappa shape index (κ1) is 37.9. The molecule has 0 bridgehead atoms. The van der Waals surface area contributed by atoms with E-state index in [1.807, 2.05) is 30.3 Å². The molecular weight excluding hydrogens is 785 g/mol. The van der Waals surface area contributed by atoms with E-state index in [4.69, 9.17) is 4.74 Å². The monoisotopic (exact) mass is 822 g/mol. The smallest absolute Gasteiger partial charge is 0.257 e. The number of hydrogen-bond donors (Lipinski definition) is 2. The third kappa shape index (κ3) is 6.24. The Morgan fingerprint density at radius 1 is 1.00 bits per heavy atom. The van der Waals surface area contributed by atoms with Gasteiger partial charge in [0.15, 0.2) is 5.82 Å². The van der Waals surface area contributed by atoms with Crippen LogP contribution in [0.1, 0.15) is 68.9 Å². The maximum absolute atomic E-state index is 16.2. The number of nitrogens with one attached hydrogen (secondary N) is 2. The number of aromatic nitrogens is 3. The average molecular weight is 823 g/mol. The third-order valence-corrected chi connectivity index (χ3v) is 12.5. The van der Waals surface area contributed by atoms with Gasteiger partial charge in [0.25, 0.3) is 18.2 Å². The molecule has 0 unspecified atom stereocenters. The van der Waals surface area contributed by atoms with Crippen molar-refractivity contribution in [3.8, 4) is 17.1 Å². The van der Waals surface area contributed by atoms with Crippen LogP contribution in [0.15, 0.2) is 60.9 Å². The van der Waals surface area contributed by atoms with Crippen molar-refractivity contribution in [2.24, 2.45) is 0 Å². The first-order valence-electron chi connectivity index (χ1n) is 19.9. The molecule has 3 aromatic carbocycles. The number of halogens is 4. The molecular formula is C43H38F4N8O5. The molecule has 2 aromatic heterocycles. The maximum Gasteiger partial charge on any atom is 0.257 e. The molecule has 5 aromatic rings. The summed E-state index contributed by atoms with van der Waals surface area (Å²) in [7, 11) is 0. The Morgan fingerprint density at radius 2 is 1.77 bits per heavy atom. The van der Waals surface area contributed by atoms with Crippen molar-refractivity contribution in [3.63, 3.8) is 0 Å². The van der Waals surface area contributed by atoms with E-state index in [1.54, 1.807) is 17.9 Å². The number of hydrogen-bond acceptors (Lipinski definition) is 9. The Hall–Kier alpha value is -6.36. The molecule has 5 aliphatic rings. The molecule has 0 saturated carbocycles. The van der Waals surface area contributed by atoms with Crippen LogP contribution in [0.3, 0.4) is 0 Å². The van der Waals surface area contributed by atoms with Gasteiger partial charge in [0.2, 0.25) is 11.8 Å². The van der Waals surface area contributed by atoms with Crippen LogP contribution in [-0.2, 0) is 22.6 Å². The van der Waals surface area contributed by atoms with Crippen LogP contribution < -0.4 is 15.0 Å². The standard InChI is InChI=1S/C43H38F4N8O5/c1-21-10-28-26-4-2-3-5-31(26)50-38(28)39(54(21)19-35(46)47)37-29(44)11-22(12-30(37)45)40-48-15-24(16-49-40)42(58)52-8-9-53-25(18-52)20-60-34-14-27-23(13-33(34)53)17-55(43(27)59)32-6-7-36(56)51-41(32)57/h2-5,11-16,21,25,32,35,39,50H,6-10,17-20H2,1H3,(H,51,56,57)/t21-,25+,32+,39-/m1/s1. The highest BCUT2D eigenvalue weighted by molar-refractivity contribution is 6.06. The zero-order valence-electron chi connectivity index (χ0n) is 32.3. The fraction of sp³-hybridized carbons (Fsp3) is 0.349. The van der Waals surface area contributed by atoms with Crippen molar-refractivity contribution in [3.05, 3.63) is 106 Å². The summed E-state index contributed by atoms with van der Waals surface area (Å²) < 4.78 is 66.3. The van der Waals surface area contributed by atoms with Crippen LogP contribution in [-0.4, -0.2) is 111 Å². The number of alkyl halides is 2. The number of piperidine rings is 1. The van der Waals surface area contributed by atoms with Gasteiger partial charge in [-0.25, -0.2) is 27.5 Å². The molecule has 2 N–H and O–H groups in total. The lowest BCUT2D eigenvalue weighted by Crippen LogP contribution is -2.58. The van der Waals surface area contributed by atoms with Crippen molar-refractivity contribution >= 4 is 40.2 Å². The lowest BCUT2D eigenvalue weighted by molar-refractivity contribution is -0.136. The molecule has 5 aliphatic heterocycles. The van der Waals surface area contributed by atoms with Gasteiger partial charge in [-0.3, -0.25) is 29.4 Å². The minimum Gasteiger partial charge on any atom is -0.489 e. The Labute approximate surface area is 340 Å². The zero-order chi connectivity index (χ0) is 41.6. The highest BCUT2D eigenvalue weighted by Gasteiger charge is 2.43. The molecule has 0 aliphatic carbocycles. The number of H-pyrrole nitrogens is 1. The van der Waals surface area contributed by atoms with Gasteiger partial charge >= 0.3 is 0 Å². The van der Waals surface area contributed by atoms with E-state index in [1.165, 1.54) is 22.2 Å². The summed E-state index contributed by atoms with van der Waals surface area (Å²) in [5.74, 6) is -2.82. The van der Waals surface area contributed by atoms with Crippen molar-refractivity contribution < 1.29 is 41.5 Å². The average Bonchev–Trinajstić information content (AvgIpc) is 3.76. The molecule has 4 amide bonds. The number of amides is 4. The Balaban J connectivity index is 0.850. The number of fused-ring (bicyclic) bond motifs is 7. The van der Waals surface area contributed by atoms with Gasteiger partial charge in [0.05, 0.1) is 29.9 Å². The van der Waals surface area contributed by atoms with E-state index in [0.717, 1.165) is 39.8 Å². The number of carbonyl (C=O) groups excluding carboxylic acids is 4. The molecule has 7 heterocycles. The number of piperazine rings is 1. The molecule has 60 heavy (non-hydrogen) atoms. The molecule has 2 fully saturated rings. The third-order valence-electron chi connectivity index (χ3n) is 12.5. The number of para-hydroxylation sites is 1. The van der Waals surface area contributed by atoms with Crippen LogP contribution in [0.4, 0.5) is 23.2 Å². The van der Waals surface area contributed by atoms with Gasteiger partial charge in [0.1, 0.15) is 30.0 Å². The van der Waals surface area contributed by atoms with E-state index >= 15 is 8.78 Å². The maximum atomic E-state index is 16.2. The first-order valence-corrected chi connectivity index (χ1v) is 19.9. The molecule has 4 atom stereocenters. The normalized spacial score (nSPS) is 22.7. The molecule has 17 heteroatoms. The van der Waals surface area contributed by atoms with E-state index < -0.39 is 48.6 Å². The Morgan fingerprint density at radius 3 is 2.52 bits per heavy atom. The number of benzene rings is 3.